The lowest BCUT2D eigenvalue weighted by Crippen LogP contribution is -2.47. The van der Waals surface area contributed by atoms with E-state index < -0.39 is 11.8 Å². The quantitative estimate of drug-likeness (QED) is 0.609. The fourth-order valence-corrected chi connectivity index (χ4v) is 2.49. The number of nitrogens with zero attached hydrogens (tertiary/aromatic N) is 1. The molecule has 1 aromatic rings. The molecule has 20 heavy (non-hydrogen) atoms. The normalized spacial score (nSPS) is 18.7. The number of phenols is 1. The molecule has 1 aromatic carbocycles. The minimum Gasteiger partial charge on any atom is -0.508 e. The molecule has 1 aliphatic rings. The summed E-state index contributed by atoms with van der Waals surface area (Å²) >= 11 is 0. The van der Waals surface area contributed by atoms with Gasteiger partial charge in [0, 0.05) is 18.3 Å². The number of amides is 2. The molecule has 1 fully saturated rings. The van der Waals surface area contributed by atoms with Crippen LogP contribution in [0.3, 0.4) is 0 Å². The zero-order valence-electron chi connectivity index (χ0n) is 11.8. The first kappa shape index (κ1) is 14.4. The Bertz CT molecular complexity index is 528. The molecule has 108 valence electrons. The Kier molecular flexibility index (Phi) is 4.27. The van der Waals surface area contributed by atoms with Gasteiger partial charge in [0.05, 0.1) is 0 Å². The average molecular weight is 276 g/mol. The number of phenolic OH excluding ortho intramolecular Hbond substituents is 1. The number of aromatic hydroxyl groups is 1. The Hall–Kier alpha value is -2.04. The smallest absolute Gasteiger partial charge is 0.313 e. The first-order chi connectivity index (χ1) is 9.49. The number of aryl methyl sites for hydroxylation is 1. The van der Waals surface area contributed by atoms with Gasteiger partial charge in [-0.05, 0) is 56.9 Å². The molecule has 0 aromatic heterocycles. The Labute approximate surface area is 118 Å². The van der Waals surface area contributed by atoms with E-state index in [-0.39, 0.29) is 11.8 Å². The van der Waals surface area contributed by atoms with Gasteiger partial charge in [0.25, 0.3) is 0 Å². The van der Waals surface area contributed by atoms with Gasteiger partial charge in [0.1, 0.15) is 5.75 Å². The molecule has 0 aliphatic carbocycles. The summed E-state index contributed by atoms with van der Waals surface area (Å²) in [4.78, 5) is 25.8. The molecule has 5 heteroatoms. The Morgan fingerprint density at radius 2 is 2.10 bits per heavy atom. The molecule has 2 rings (SSSR count). The highest BCUT2D eigenvalue weighted by molar-refractivity contribution is 6.39. The maximum Gasteiger partial charge on any atom is 0.313 e. The zero-order valence-corrected chi connectivity index (χ0v) is 11.8. The standard InChI is InChI=1S/C15H20N2O3/c1-10-9-12(18)6-7-13(10)16-14(19)15(20)17-8-4-3-5-11(17)2/h6-7,9,11,18H,3-5,8H2,1-2H3,(H,16,19). The molecule has 0 saturated carbocycles. The third-order valence-electron chi connectivity index (χ3n) is 3.72. The number of benzene rings is 1. The summed E-state index contributed by atoms with van der Waals surface area (Å²) in [5, 5.41) is 11.9. The molecule has 0 spiro atoms. The van der Waals surface area contributed by atoms with Crippen LogP contribution in [0.1, 0.15) is 31.7 Å². The number of hydrogen-bond donors (Lipinski definition) is 2. The lowest BCUT2D eigenvalue weighted by molar-refractivity contribution is -0.145. The monoisotopic (exact) mass is 276 g/mol. The van der Waals surface area contributed by atoms with Crippen LogP contribution in [-0.4, -0.2) is 34.4 Å². The van der Waals surface area contributed by atoms with Gasteiger partial charge in [-0.15, -0.1) is 0 Å². The van der Waals surface area contributed by atoms with Gasteiger partial charge in [0.15, 0.2) is 0 Å². The van der Waals surface area contributed by atoms with E-state index in [0.29, 0.717) is 12.2 Å². The predicted octanol–water partition coefficient (Wildman–Crippen LogP) is 2.04. The van der Waals surface area contributed by atoms with Crippen molar-refractivity contribution in [2.24, 2.45) is 0 Å². The number of piperidine rings is 1. The molecule has 2 N–H and O–H groups in total. The van der Waals surface area contributed by atoms with Crippen molar-refractivity contribution >= 4 is 17.5 Å². The van der Waals surface area contributed by atoms with Crippen molar-refractivity contribution < 1.29 is 14.7 Å². The van der Waals surface area contributed by atoms with Crippen LogP contribution in [0, 0.1) is 6.92 Å². The summed E-state index contributed by atoms with van der Waals surface area (Å²) in [6.07, 6.45) is 2.99. The van der Waals surface area contributed by atoms with Gasteiger partial charge in [-0.3, -0.25) is 9.59 Å². The highest BCUT2D eigenvalue weighted by Gasteiger charge is 2.28. The van der Waals surface area contributed by atoms with E-state index in [9.17, 15) is 14.7 Å². The number of carbonyl (C=O) groups is 2. The third kappa shape index (κ3) is 3.10. The van der Waals surface area contributed by atoms with Gasteiger partial charge >= 0.3 is 11.8 Å². The summed E-state index contributed by atoms with van der Waals surface area (Å²) in [6.45, 7) is 4.38. The Morgan fingerprint density at radius 3 is 2.75 bits per heavy atom. The highest BCUT2D eigenvalue weighted by Crippen LogP contribution is 2.21. The SMILES string of the molecule is Cc1cc(O)ccc1NC(=O)C(=O)N1CCCCC1C. The molecule has 1 unspecified atom stereocenters. The number of carbonyl (C=O) groups excluding carboxylic acids is 2. The van der Waals surface area contributed by atoms with Gasteiger partial charge in [-0.2, -0.15) is 0 Å². The van der Waals surface area contributed by atoms with Crippen molar-refractivity contribution in [3.8, 4) is 5.75 Å². The minimum atomic E-state index is -0.618. The average Bonchev–Trinajstić information content (AvgIpc) is 2.41. The lowest BCUT2D eigenvalue weighted by atomic mass is 10.0. The molecule has 5 nitrogen and oxygen atoms in total. The van der Waals surface area contributed by atoms with Crippen LogP contribution in [0.2, 0.25) is 0 Å². The summed E-state index contributed by atoms with van der Waals surface area (Å²) in [5.74, 6) is -0.964. The van der Waals surface area contributed by atoms with Gasteiger partial charge in [-0.1, -0.05) is 0 Å². The second-order valence-corrected chi connectivity index (χ2v) is 5.30. The summed E-state index contributed by atoms with van der Waals surface area (Å²) in [6, 6.07) is 4.73. The van der Waals surface area contributed by atoms with Crippen LogP contribution >= 0.6 is 0 Å². The maximum absolute atomic E-state index is 12.2. The van der Waals surface area contributed by atoms with Crippen molar-refractivity contribution in [2.45, 2.75) is 39.2 Å². The molecule has 0 bridgehead atoms. The fraction of sp³-hybridized carbons (Fsp3) is 0.467. The van der Waals surface area contributed by atoms with E-state index in [2.05, 4.69) is 5.32 Å². The first-order valence-electron chi connectivity index (χ1n) is 6.90. The molecular formula is C15H20N2O3. The van der Waals surface area contributed by atoms with E-state index >= 15 is 0 Å². The largest absolute Gasteiger partial charge is 0.508 e. The molecule has 1 aliphatic heterocycles. The van der Waals surface area contributed by atoms with E-state index in [4.69, 9.17) is 0 Å². The number of hydrogen-bond acceptors (Lipinski definition) is 3. The molecule has 1 saturated heterocycles. The van der Waals surface area contributed by atoms with Crippen LogP contribution < -0.4 is 5.32 Å². The van der Waals surface area contributed by atoms with Crippen LogP contribution in [0.25, 0.3) is 0 Å². The number of likely N-dealkylation sites (tertiary alicyclic amines) is 1. The molecule has 2 amide bonds. The van der Waals surface area contributed by atoms with Crippen molar-refractivity contribution in [2.75, 3.05) is 11.9 Å². The van der Waals surface area contributed by atoms with Gasteiger partial charge < -0.3 is 15.3 Å². The maximum atomic E-state index is 12.2. The number of nitrogens with one attached hydrogen (secondary N) is 1. The number of anilines is 1. The molecule has 1 heterocycles. The van der Waals surface area contributed by atoms with E-state index in [1.807, 2.05) is 6.92 Å². The van der Waals surface area contributed by atoms with E-state index in [1.54, 1.807) is 24.0 Å². The summed E-state index contributed by atoms with van der Waals surface area (Å²) in [5.41, 5.74) is 1.27. The lowest BCUT2D eigenvalue weighted by Gasteiger charge is -2.32. The number of rotatable bonds is 1. The minimum absolute atomic E-state index is 0.114. The topological polar surface area (TPSA) is 69.6 Å². The van der Waals surface area contributed by atoms with Gasteiger partial charge in [-0.25, -0.2) is 0 Å². The molecule has 1 atom stereocenters. The van der Waals surface area contributed by atoms with E-state index in [0.717, 1.165) is 24.8 Å². The second kappa shape index (κ2) is 5.94. The highest BCUT2D eigenvalue weighted by atomic mass is 16.3. The van der Waals surface area contributed by atoms with E-state index in [1.165, 1.54) is 6.07 Å². The first-order valence-corrected chi connectivity index (χ1v) is 6.90. The summed E-state index contributed by atoms with van der Waals surface area (Å²) < 4.78 is 0. The third-order valence-corrected chi connectivity index (χ3v) is 3.72. The second-order valence-electron chi connectivity index (χ2n) is 5.30. The van der Waals surface area contributed by atoms with Gasteiger partial charge in [0.2, 0.25) is 0 Å². The van der Waals surface area contributed by atoms with Crippen LogP contribution in [-0.2, 0) is 9.59 Å². The fourth-order valence-electron chi connectivity index (χ4n) is 2.49. The zero-order chi connectivity index (χ0) is 14.7. The van der Waals surface area contributed by atoms with Crippen molar-refractivity contribution in [3.63, 3.8) is 0 Å². The Balaban J connectivity index is 2.05. The van der Waals surface area contributed by atoms with Crippen LogP contribution in [0.4, 0.5) is 5.69 Å². The molecule has 0 radical (unpaired) electrons. The van der Waals surface area contributed by atoms with Crippen molar-refractivity contribution in [3.05, 3.63) is 23.8 Å². The van der Waals surface area contributed by atoms with Crippen LogP contribution in [0.5, 0.6) is 5.75 Å². The Morgan fingerprint density at radius 1 is 1.35 bits per heavy atom. The summed E-state index contributed by atoms with van der Waals surface area (Å²) in [7, 11) is 0. The van der Waals surface area contributed by atoms with Crippen molar-refractivity contribution in [1.82, 2.24) is 4.90 Å². The van der Waals surface area contributed by atoms with Crippen molar-refractivity contribution in [1.29, 1.82) is 0 Å². The predicted molar refractivity (Wildman–Crippen MR) is 76.5 cm³/mol. The van der Waals surface area contributed by atoms with Crippen LogP contribution in [0.15, 0.2) is 18.2 Å². The molecular weight excluding hydrogens is 256 g/mol.